The van der Waals surface area contributed by atoms with Gasteiger partial charge in [-0.15, -0.1) is 5.10 Å². The second-order valence-corrected chi connectivity index (χ2v) is 9.79. The molecule has 4 aromatic carbocycles. The van der Waals surface area contributed by atoms with Gasteiger partial charge in [0.15, 0.2) is 0 Å². The van der Waals surface area contributed by atoms with Crippen molar-refractivity contribution in [2.24, 2.45) is 0 Å². The zero-order chi connectivity index (χ0) is 28.1. The number of hydrogen-bond donors (Lipinski definition) is 1. The molecule has 0 aliphatic carbocycles. The summed E-state index contributed by atoms with van der Waals surface area (Å²) in [5.74, 6) is 0.0188. The van der Waals surface area contributed by atoms with E-state index in [2.05, 4.69) is 15.6 Å². The summed E-state index contributed by atoms with van der Waals surface area (Å²) in [6.07, 6.45) is 0. The van der Waals surface area contributed by atoms with Crippen molar-refractivity contribution in [3.63, 3.8) is 0 Å². The number of methoxy groups -OCH3 is 1. The number of aromatic nitrogens is 3. The topological polar surface area (TPSA) is 89.4 Å². The lowest BCUT2D eigenvalue weighted by Crippen LogP contribution is -2.42. The maximum absolute atomic E-state index is 14.1. The van der Waals surface area contributed by atoms with Crippen LogP contribution in [-0.4, -0.2) is 38.8 Å². The number of hydrogen-bond acceptors (Lipinski definition) is 5. The minimum atomic E-state index is -0.957. The Morgan fingerprint density at radius 3 is 2.38 bits per heavy atom. The normalized spacial score (nSPS) is 11.7. The SMILES string of the molecule is COc1ccc(NC(=O)[C@@H](c2ccc(Cl)cc2)N(Cc2ccccc2C)C(=O)Cn2nnc3ccccc32)cc1. The molecule has 202 valence electrons. The molecule has 8 nitrogen and oxygen atoms in total. The Bertz CT molecular complexity index is 1630. The lowest BCUT2D eigenvalue weighted by atomic mass is 10.0. The molecule has 5 aromatic rings. The highest BCUT2D eigenvalue weighted by atomic mass is 35.5. The molecule has 1 N–H and O–H groups in total. The summed E-state index contributed by atoms with van der Waals surface area (Å²) in [4.78, 5) is 29.7. The van der Waals surface area contributed by atoms with E-state index >= 15 is 0 Å². The van der Waals surface area contributed by atoms with Gasteiger partial charge < -0.3 is 15.0 Å². The number of carbonyl (C=O) groups is 2. The van der Waals surface area contributed by atoms with Gasteiger partial charge in [-0.05, 0) is 72.1 Å². The number of ether oxygens (including phenoxy) is 1. The van der Waals surface area contributed by atoms with Gasteiger partial charge in [0.05, 0.1) is 12.6 Å². The van der Waals surface area contributed by atoms with Crippen molar-refractivity contribution in [3.8, 4) is 5.75 Å². The Morgan fingerprint density at radius 1 is 0.950 bits per heavy atom. The molecule has 2 amide bonds. The van der Waals surface area contributed by atoms with Crippen LogP contribution < -0.4 is 10.1 Å². The fraction of sp³-hybridized carbons (Fsp3) is 0.161. The second-order valence-electron chi connectivity index (χ2n) is 9.36. The highest BCUT2D eigenvalue weighted by Gasteiger charge is 2.32. The molecule has 0 saturated heterocycles. The van der Waals surface area contributed by atoms with Crippen LogP contribution >= 0.6 is 11.6 Å². The highest BCUT2D eigenvalue weighted by molar-refractivity contribution is 6.30. The van der Waals surface area contributed by atoms with Gasteiger partial charge >= 0.3 is 0 Å². The van der Waals surface area contributed by atoms with Crippen LogP contribution in [0.3, 0.4) is 0 Å². The maximum Gasteiger partial charge on any atom is 0.251 e. The van der Waals surface area contributed by atoms with Crippen molar-refractivity contribution in [1.82, 2.24) is 19.9 Å². The third-order valence-electron chi connectivity index (χ3n) is 6.73. The predicted molar refractivity (Wildman–Crippen MR) is 155 cm³/mol. The Hall–Kier alpha value is -4.69. The van der Waals surface area contributed by atoms with Crippen LogP contribution in [0.2, 0.25) is 5.02 Å². The Balaban J connectivity index is 1.55. The molecule has 0 spiro atoms. The van der Waals surface area contributed by atoms with Crippen molar-refractivity contribution < 1.29 is 14.3 Å². The van der Waals surface area contributed by atoms with Gasteiger partial charge in [-0.3, -0.25) is 9.59 Å². The average Bonchev–Trinajstić information content (AvgIpc) is 3.37. The molecule has 5 rings (SSSR count). The number of anilines is 1. The van der Waals surface area contributed by atoms with Gasteiger partial charge in [-0.1, -0.05) is 65.3 Å². The number of carbonyl (C=O) groups excluding carboxylic acids is 2. The summed E-state index contributed by atoms with van der Waals surface area (Å²) < 4.78 is 6.80. The lowest BCUT2D eigenvalue weighted by Gasteiger charge is -2.32. The molecule has 9 heteroatoms. The van der Waals surface area contributed by atoms with Crippen LogP contribution in [0, 0.1) is 6.92 Å². The fourth-order valence-corrected chi connectivity index (χ4v) is 4.68. The Labute approximate surface area is 237 Å². The van der Waals surface area contributed by atoms with Crippen molar-refractivity contribution in [2.45, 2.75) is 26.1 Å². The van der Waals surface area contributed by atoms with E-state index in [-0.39, 0.29) is 24.9 Å². The minimum absolute atomic E-state index is 0.0910. The lowest BCUT2D eigenvalue weighted by molar-refractivity contribution is -0.140. The smallest absolute Gasteiger partial charge is 0.251 e. The van der Waals surface area contributed by atoms with Crippen LogP contribution in [-0.2, 0) is 22.7 Å². The molecule has 40 heavy (non-hydrogen) atoms. The fourth-order valence-electron chi connectivity index (χ4n) is 4.55. The molecule has 0 fully saturated rings. The number of nitrogens with zero attached hydrogens (tertiary/aromatic N) is 4. The zero-order valence-corrected chi connectivity index (χ0v) is 22.9. The third kappa shape index (κ3) is 5.97. The molecular weight excluding hydrogens is 526 g/mol. The van der Waals surface area contributed by atoms with Gasteiger partial charge in [0, 0.05) is 17.3 Å². The monoisotopic (exact) mass is 553 g/mol. The summed E-state index contributed by atoms with van der Waals surface area (Å²) in [7, 11) is 1.58. The number of halogens is 1. The van der Waals surface area contributed by atoms with Crippen LogP contribution in [0.5, 0.6) is 5.75 Å². The summed E-state index contributed by atoms with van der Waals surface area (Å²) in [6.45, 7) is 2.10. The zero-order valence-electron chi connectivity index (χ0n) is 22.1. The van der Waals surface area contributed by atoms with E-state index in [4.69, 9.17) is 16.3 Å². The summed E-state index contributed by atoms with van der Waals surface area (Å²) in [5.41, 5.74) is 4.56. The van der Waals surface area contributed by atoms with E-state index in [9.17, 15) is 9.59 Å². The number of amides is 2. The number of rotatable bonds is 9. The summed E-state index contributed by atoms with van der Waals surface area (Å²) in [6, 6.07) is 28.3. The van der Waals surface area contributed by atoms with E-state index in [0.717, 1.165) is 16.6 Å². The van der Waals surface area contributed by atoms with E-state index in [1.54, 1.807) is 65.2 Å². The van der Waals surface area contributed by atoms with Gasteiger partial charge in [0.1, 0.15) is 23.9 Å². The molecule has 1 aromatic heterocycles. The quantitative estimate of drug-likeness (QED) is 0.249. The standard InChI is InChI=1S/C31H28ClN5O3/c1-21-7-3-4-8-23(21)19-36(29(38)20-37-28-10-6-5-9-27(28)34-35-37)30(22-11-13-24(32)14-12-22)31(39)33-25-15-17-26(40-2)18-16-25/h3-18,30H,19-20H2,1-2H3,(H,33,39)/t30-/m1/s1. The van der Waals surface area contributed by atoms with Gasteiger partial charge in [-0.2, -0.15) is 0 Å². The number of para-hydroxylation sites is 1. The van der Waals surface area contributed by atoms with E-state index < -0.39 is 6.04 Å². The molecule has 1 heterocycles. The summed E-state index contributed by atoms with van der Waals surface area (Å²) >= 11 is 6.19. The van der Waals surface area contributed by atoms with Crippen molar-refractivity contribution >= 4 is 40.1 Å². The first-order chi connectivity index (χ1) is 19.4. The first-order valence-electron chi connectivity index (χ1n) is 12.8. The maximum atomic E-state index is 14.1. The molecule has 0 aliphatic rings. The largest absolute Gasteiger partial charge is 0.497 e. The van der Waals surface area contributed by atoms with E-state index in [1.165, 1.54) is 0 Å². The number of benzene rings is 4. The Morgan fingerprint density at radius 2 is 1.65 bits per heavy atom. The number of nitrogens with one attached hydrogen (secondary N) is 1. The molecular formula is C31H28ClN5O3. The summed E-state index contributed by atoms with van der Waals surface area (Å²) in [5, 5.41) is 11.9. The van der Waals surface area contributed by atoms with Crippen molar-refractivity contribution in [2.75, 3.05) is 12.4 Å². The predicted octanol–water partition coefficient (Wildman–Crippen LogP) is 5.81. The van der Waals surface area contributed by atoms with Crippen LogP contribution in [0.25, 0.3) is 11.0 Å². The van der Waals surface area contributed by atoms with Crippen LogP contribution in [0.15, 0.2) is 97.1 Å². The molecule has 0 bridgehead atoms. The van der Waals surface area contributed by atoms with Gasteiger partial charge in [-0.25, -0.2) is 4.68 Å². The Kier molecular flexibility index (Phi) is 8.07. The van der Waals surface area contributed by atoms with Crippen LogP contribution in [0.4, 0.5) is 5.69 Å². The highest BCUT2D eigenvalue weighted by Crippen LogP contribution is 2.28. The third-order valence-corrected chi connectivity index (χ3v) is 6.98. The molecule has 0 aliphatic heterocycles. The second kappa shape index (κ2) is 12.0. The van der Waals surface area contributed by atoms with E-state index in [1.807, 2.05) is 55.5 Å². The van der Waals surface area contributed by atoms with Crippen molar-refractivity contribution in [1.29, 1.82) is 0 Å². The molecule has 0 saturated carbocycles. The molecule has 0 unspecified atom stereocenters. The van der Waals surface area contributed by atoms with Gasteiger partial charge in [0.25, 0.3) is 5.91 Å². The number of aryl methyl sites for hydroxylation is 1. The minimum Gasteiger partial charge on any atom is -0.497 e. The van der Waals surface area contributed by atoms with Crippen molar-refractivity contribution in [3.05, 3.63) is 119 Å². The molecule has 1 atom stereocenters. The molecule has 0 radical (unpaired) electrons. The van der Waals surface area contributed by atoms with Gasteiger partial charge in [0.2, 0.25) is 5.91 Å². The van der Waals surface area contributed by atoms with Crippen LogP contribution in [0.1, 0.15) is 22.7 Å². The number of fused-ring (bicyclic) bond motifs is 1. The first kappa shape index (κ1) is 26.9. The van der Waals surface area contributed by atoms with E-state index in [0.29, 0.717) is 27.5 Å². The average molecular weight is 554 g/mol. The first-order valence-corrected chi connectivity index (χ1v) is 13.1.